The molecule has 4 rings (SSSR count). The van der Waals surface area contributed by atoms with E-state index in [0.717, 1.165) is 31.0 Å². The van der Waals surface area contributed by atoms with E-state index in [1.165, 1.54) is 44.6 Å². The molecule has 0 radical (unpaired) electrons. The average molecular weight is 368 g/mol. The predicted octanol–water partition coefficient (Wildman–Crippen LogP) is 2.95. The van der Waals surface area contributed by atoms with E-state index in [0.29, 0.717) is 6.04 Å². The number of aromatic nitrogens is 3. The second-order valence-corrected chi connectivity index (χ2v) is 8.34. The van der Waals surface area contributed by atoms with Gasteiger partial charge in [-0.05, 0) is 45.7 Å². The number of aryl methyl sites for hydroxylation is 2. The van der Waals surface area contributed by atoms with E-state index >= 15 is 0 Å². The zero-order valence-electron chi connectivity index (χ0n) is 17.1. The zero-order chi connectivity index (χ0) is 18.9. The lowest BCUT2D eigenvalue weighted by atomic mass is 9.95. The lowest BCUT2D eigenvalue weighted by Gasteiger charge is -2.36. The van der Waals surface area contributed by atoms with Crippen LogP contribution in [0.5, 0.6) is 0 Å². The van der Waals surface area contributed by atoms with Crippen molar-refractivity contribution in [1.29, 1.82) is 0 Å². The molecule has 0 amide bonds. The van der Waals surface area contributed by atoms with Gasteiger partial charge in [-0.25, -0.2) is 4.98 Å². The van der Waals surface area contributed by atoms with E-state index in [9.17, 15) is 0 Å². The molecule has 27 heavy (non-hydrogen) atoms. The van der Waals surface area contributed by atoms with Gasteiger partial charge in [-0.15, -0.1) is 0 Å². The van der Waals surface area contributed by atoms with Crippen molar-refractivity contribution in [3.63, 3.8) is 0 Å². The van der Waals surface area contributed by atoms with Crippen LogP contribution in [0.4, 0.5) is 0 Å². The van der Waals surface area contributed by atoms with Crippen molar-refractivity contribution in [1.82, 2.24) is 24.6 Å². The van der Waals surface area contributed by atoms with Gasteiger partial charge in [0.05, 0.1) is 5.41 Å². The summed E-state index contributed by atoms with van der Waals surface area (Å²) in [5.41, 5.74) is 1.44. The Morgan fingerprint density at radius 1 is 1.07 bits per heavy atom. The van der Waals surface area contributed by atoms with Crippen LogP contribution in [0.1, 0.15) is 50.3 Å². The molecule has 1 aliphatic heterocycles. The SMILES string of the molecule is CCn1nc(C2(c3ccccc3)CC2)nc1CC[C@H](C)N1CCN(C)CC1. The molecule has 1 saturated carbocycles. The molecule has 0 N–H and O–H groups in total. The Balaban J connectivity index is 1.45. The van der Waals surface area contributed by atoms with Gasteiger partial charge >= 0.3 is 0 Å². The summed E-state index contributed by atoms with van der Waals surface area (Å²) >= 11 is 0. The third-order valence-corrected chi connectivity index (χ3v) is 6.50. The highest BCUT2D eigenvalue weighted by atomic mass is 15.4. The minimum Gasteiger partial charge on any atom is -0.304 e. The summed E-state index contributed by atoms with van der Waals surface area (Å²) < 4.78 is 2.13. The number of nitrogens with zero attached hydrogens (tertiary/aromatic N) is 5. The molecule has 0 unspecified atom stereocenters. The fraction of sp³-hybridized carbons (Fsp3) is 0.636. The fourth-order valence-electron chi connectivity index (χ4n) is 4.32. The van der Waals surface area contributed by atoms with E-state index < -0.39 is 0 Å². The van der Waals surface area contributed by atoms with Crippen LogP contribution in [-0.4, -0.2) is 63.8 Å². The number of rotatable bonds is 7. The maximum atomic E-state index is 5.05. The summed E-state index contributed by atoms with van der Waals surface area (Å²) in [6, 6.07) is 11.4. The van der Waals surface area contributed by atoms with E-state index in [2.05, 4.69) is 65.7 Å². The normalized spacial score (nSPS) is 21.3. The Bertz CT molecular complexity index is 741. The van der Waals surface area contributed by atoms with E-state index in [1.807, 2.05) is 0 Å². The monoisotopic (exact) mass is 367 g/mol. The van der Waals surface area contributed by atoms with Crippen LogP contribution in [0.3, 0.4) is 0 Å². The molecule has 5 heteroatoms. The molecule has 1 aliphatic carbocycles. The second-order valence-electron chi connectivity index (χ2n) is 8.34. The van der Waals surface area contributed by atoms with Crippen LogP contribution < -0.4 is 0 Å². The minimum atomic E-state index is 0.0689. The van der Waals surface area contributed by atoms with Crippen LogP contribution in [0.2, 0.25) is 0 Å². The number of likely N-dealkylation sites (N-methyl/N-ethyl adjacent to an activating group) is 1. The summed E-state index contributed by atoms with van der Waals surface area (Å²) in [6.45, 7) is 10.2. The summed E-state index contributed by atoms with van der Waals surface area (Å²) in [6.07, 6.45) is 4.50. The highest BCUT2D eigenvalue weighted by Gasteiger charge is 2.49. The maximum absolute atomic E-state index is 5.05. The summed E-state index contributed by atoms with van der Waals surface area (Å²) in [5, 5.41) is 4.92. The molecule has 2 aliphatic rings. The first-order valence-corrected chi connectivity index (χ1v) is 10.5. The molecule has 1 saturated heterocycles. The molecule has 1 atom stereocenters. The van der Waals surface area contributed by atoms with Crippen LogP contribution in [0, 0.1) is 0 Å². The number of hydrogen-bond acceptors (Lipinski definition) is 4. The van der Waals surface area contributed by atoms with Gasteiger partial charge in [0.2, 0.25) is 0 Å². The zero-order valence-corrected chi connectivity index (χ0v) is 17.1. The average Bonchev–Trinajstić information content (AvgIpc) is 3.41. The molecule has 5 nitrogen and oxygen atoms in total. The quantitative estimate of drug-likeness (QED) is 0.754. The van der Waals surface area contributed by atoms with Gasteiger partial charge in [0.1, 0.15) is 5.82 Å². The van der Waals surface area contributed by atoms with Gasteiger partial charge in [-0.2, -0.15) is 5.10 Å². The van der Waals surface area contributed by atoms with Gasteiger partial charge in [0.15, 0.2) is 5.82 Å². The van der Waals surface area contributed by atoms with Gasteiger partial charge in [0, 0.05) is 45.2 Å². The number of hydrogen-bond donors (Lipinski definition) is 0. The largest absolute Gasteiger partial charge is 0.304 e. The summed E-state index contributed by atoms with van der Waals surface area (Å²) in [7, 11) is 2.22. The van der Waals surface area contributed by atoms with Crippen molar-refractivity contribution in [2.45, 2.75) is 57.5 Å². The van der Waals surface area contributed by atoms with Crippen molar-refractivity contribution >= 4 is 0 Å². The Hall–Kier alpha value is -1.72. The topological polar surface area (TPSA) is 37.2 Å². The molecule has 1 aromatic carbocycles. The highest BCUT2D eigenvalue weighted by Crippen LogP contribution is 2.52. The number of piperazine rings is 1. The second kappa shape index (κ2) is 7.72. The van der Waals surface area contributed by atoms with Gasteiger partial charge in [0.25, 0.3) is 0 Å². The fourth-order valence-corrected chi connectivity index (χ4v) is 4.32. The summed E-state index contributed by atoms with van der Waals surface area (Å²) in [5.74, 6) is 2.20. The Morgan fingerprint density at radius 2 is 1.78 bits per heavy atom. The third kappa shape index (κ3) is 3.81. The molecule has 0 bridgehead atoms. The van der Waals surface area contributed by atoms with Gasteiger partial charge < -0.3 is 4.90 Å². The molecule has 2 aromatic rings. The molecule has 1 aromatic heterocycles. The first-order chi connectivity index (χ1) is 13.1. The minimum absolute atomic E-state index is 0.0689. The molecule has 2 fully saturated rings. The van der Waals surface area contributed by atoms with Crippen molar-refractivity contribution in [3.05, 3.63) is 47.5 Å². The van der Waals surface area contributed by atoms with E-state index in [-0.39, 0.29) is 5.41 Å². The smallest absolute Gasteiger partial charge is 0.161 e. The lowest BCUT2D eigenvalue weighted by Crippen LogP contribution is -2.48. The van der Waals surface area contributed by atoms with Crippen molar-refractivity contribution in [2.24, 2.45) is 0 Å². The molecule has 0 spiro atoms. The van der Waals surface area contributed by atoms with E-state index in [1.54, 1.807) is 0 Å². The van der Waals surface area contributed by atoms with Crippen LogP contribution in [0.25, 0.3) is 0 Å². The maximum Gasteiger partial charge on any atom is 0.161 e. The molecule has 2 heterocycles. The standard InChI is InChI=1S/C22H33N5/c1-4-27-20(11-10-18(2)26-16-14-25(3)15-17-26)23-21(24-27)22(12-13-22)19-8-6-5-7-9-19/h5-9,18H,4,10-17H2,1-3H3/t18-/m0/s1. The lowest BCUT2D eigenvalue weighted by molar-refractivity contribution is 0.114. The molecular weight excluding hydrogens is 334 g/mol. The van der Waals surface area contributed by atoms with Crippen molar-refractivity contribution < 1.29 is 0 Å². The first-order valence-electron chi connectivity index (χ1n) is 10.5. The van der Waals surface area contributed by atoms with Crippen LogP contribution in [0.15, 0.2) is 30.3 Å². The van der Waals surface area contributed by atoms with Crippen LogP contribution in [-0.2, 0) is 18.4 Å². The van der Waals surface area contributed by atoms with E-state index in [4.69, 9.17) is 10.1 Å². The van der Waals surface area contributed by atoms with Gasteiger partial charge in [-0.3, -0.25) is 9.58 Å². The summed E-state index contributed by atoms with van der Waals surface area (Å²) in [4.78, 5) is 10.1. The Kier molecular flexibility index (Phi) is 5.33. The first kappa shape index (κ1) is 18.6. The predicted molar refractivity (Wildman–Crippen MR) is 109 cm³/mol. The Morgan fingerprint density at radius 3 is 2.41 bits per heavy atom. The highest BCUT2D eigenvalue weighted by molar-refractivity contribution is 5.39. The molecular formula is C22H33N5. The van der Waals surface area contributed by atoms with Gasteiger partial charge in [-0.1, -0.05) is 30.3 Å². The van der Waals surface area contributed by atoms with Crippen molar-refractivity contribution in [2.75, 3.05) is 33.2 Å². The Labute approximate surface area is 163 Å². The third-order valence-electron chi connectivity index (χ3n) is 6.50. The van der Waals surface area contributed by atoms with Crippen LogP contribution >= 0.6 is 0 Å². The molecule has 146 valence electrons. The van der Waals surface area contributed by atoms with Crippen molar-refractivity contribution in [3.8, 4) is 0 Å². The number of benzene rings is 1.